The van der Waals surface area contributed by atoms with Crippen LogP contribution in [-0.2, 0) is 4.74 Å². The maximum absolute atomic E-state index is 10.9. The number of carbonyl (C=O) groups is 1. The van der Waals surface area contributed by atoms with Gasteiger partial charge in [-0.3, -0.25) is 9.78 Å². The Morgan fingerprint density at radius 2 is 2.19 bits per heavy atom. The molecule has 0 saturated heterocycles. The van der Waals surface area contributed by atoms with Crippen LogP contribution in [0.15, 0.2) is 18.8 Å². The standard InChI is InChI=1S/C10H11NO.C7H16O2/c1-4-9-6-11-10(8(3)12)5-7(9)2;1-3-5-9-6-7(8)4-2/h4-6H,1H2,2-3H3;7-8H,3-6H2,1-2H3. The number of hydrogen-bond acceptors (Lipinski definition) is 4. The topological polar surface area (TPSA) is 59.4 Å². The number of ether oxygens (including phenoxy) is 1. The van der Waals surface area contributed by atoms with Crippen LogP contribution in [0.1, 0.15) is 55.2 Å². The van der Waals surface area contributed by atoms with E-state index in [4.69, 9.17) is 9.84 Å². The van der Waals surface area contributed by atoms with Crippen molar-refractivity contribution in [3.63, 3.8) is 0 Å². The lowest BCUT2D eigenvalue weighted by atomic mass is 10.1. The van der Waals surface area contributed by atoms with Gasteiger partial charge in [0, 0.05) is 19.7 Å². The summed E-state index contributed by atoms with van der Waals surface area (Å²) >= 11 is 0. The number of Topliss-reactive ketones (excluding diaryl/α,β-unsaturated/α-hetero) is 1. The predicted molar refractivity (Wildman–Crippen MR) is 86.5 cm³/mol. The van der Waals surface area contributed by atoms with E-state index < -0.39 is 0 Å². The number of rotatable bonds is 7. The highest BCUT2D eigenvalue weighted by Crippen LogP contribution is 2.09. The summed E-state index contributed by atoms with van der Waals surface area (Å²) in [6, 6.07) is 1.78. The molecule has 1 heterocycles. The molecule has 0 aromatic carbocycles. The molecule has 1 N–H and O–H groups in total. The molecular formula is C17H27NO3. The largest absolute Gasteiger partial charge is 0.391 e. The minimum Gasteiger partial charge on any atom is -0.391 e. The number of aliphatic hydroxyl groups is 1. The molecule has 0 amide bonds. The van der Waals surface area contributed by atoms with Crippen molar-refractivity contribution in [1.82, 2.24) is 4.98 Å². The van der Waals surface area contributed by atoms with Gasteiger partial charge in [-0.05, 0) is 37.0 Å². The molecule has 0 aliphatic heterocycles. The van der Waals surface area contributed by atoms with E-state index >= 15 is 0 Å². The van der Waals surface area contributed by atoms with Gasteiger partial charge < -0.3 is 9.84 Å². The van der Waals surface area contributed by atoms with Gasteiger partial charge in [0.2, 0.25) is 0 Å². The third-order valence-electron chi connectivity index (χ3n) is 2.86. The monoisotopic (exact) mass is 293 g/mol. The maximum Gasteiger partial charge on any atom is 0.178 e. The number of hydrogen-bond donors (Lipinski definition) is 1. The van der Waals surface area contributed by atoms with Crippen LogP contribution in [0.4, 0.5) is 0 Å². The minimum absolute atomic E-state index is 0.00582. The number of aliphatic hydroxyl groups excluding tert-OH is 1. The molecule has 1 aromatic rings. The Morgan fingerprint density at radius 3 is 2.62 bits per heavy atom. The summed E-state index contributed by atoms with van der Waals surface area (Å²) in [7, 11) is 0. The summed E-state index contributed by atoms with van der Waals surface area (Å²) in [6.45, 7) is 12.3. The Morgan fingerprint density at radius 1 is 1.52 bits per heavy atom. The minimum atomic E-state index is -0.267. The Kier molecular flexibility index (Phi) is 10.4. The molecule has 0 saturated carbocycles. The molecule has 0 spiro atoms. The van der Waals surface area contributed by atoms with Crippen LogP contribution in [0.2, 0.25) is 0 Å². The second kappa shape index (κ2) is 11.2. The fourth-order valence-corrected chi connectivity index (χ4v) is 1.45. The molecular weight excluding hydrogens is 266 g/mol. The first-order chi connectivity index (χ1) is 9.96. The molecule has 0 aliphatic carbocycles. The number of nitrogens with zero attached hydrogens (tertiary/aromatic N) is 1. The fraction of sp³-hybridized carbons (Fsp3) is 0.529. The quantitative estimate of drug-likeness (QED) is 0.618. The number of aromatic nitrogens is 1. The van der Waals surface area contributed by atoms with Gasteiger partial charge in [-0.25, -0.2) is 0 Å². The van der Waals surface area contributed by atoms with E-state index in [-0.39, 0.29) is 11.9 Å². The molecule has 0 radical (unpaired) electrons. The molecule has 118 valence electrons. The molecule has 0 fully saturated rings. The van der Waals surface area contributed by atoms with Crippen LogP contribution in [-0.4, -0.2) is 35.2 Å². The van der Waals surface area contributed by atoms with Crippen molar-refractivity contribution in [3.8, 4) is 0 Å². The van der Waals surface area contributed by atoms with Gasteiger partial charge in [-0.15, -0.1) is 0 Å². The number of aryl methyl sites for hydroxylation is 1. The number of carbonyl (C=O) groups excluding carboxylic acids is 1. The zero-order valence-corrected chi connectivity index (χ0v) is 13.6. The van der Waals surface area contributed by atoms with E-state index in [2.05, 4.69) is 18.5 Å². The van der Waals surface area contributed by atoms with Crippen molar-refractivity contribution in [2.24, 2.45) is 0 Å². The van der Waals surface area contributed by atoms with Crippen LogP contribution in [0.5, 0.6) is 0 Å². The summed E-state index contributed by atoms with van der Waals surface area (Å²) < 4.78 is 5.09. The van der Waals surface area contributed by atoms with Crippen molar-refractivity contribution >= 4 is 11.9 Å². The van der Waals surface area contributed by atoms with Crippen LogP contribution in [0.3, 0.4) is 0 Å². The van der Waals surface area contributed by atoms with E-state index in [1.807, 2.05) is 13.8 Å². The summed E-state index contributed by atoms with van der Waals surface area (Å²) in [5, 5.41) is 8.96. The van der Waals surface area contributed by atoms with Crippen molar-refractivity contribution in [3.05, 3.63) is 35.7 Å². The smallest absolute Gasteiger partial charge is 0.178 e. The van der Waals surface area contributed by atoms with Gasteiger partial charge in [0.15, 0.2) is 5.78 Å². The van der Waals surface area contributed by atoms with Crippen LogP contribution in [0, 0.1) is 6.92 Å². The second-order valence-electron chi connectivity index (χ2n) is 4.82. The van der Waals surface area contributed by atoms with Gasteiger partial charge in [-0.2, -0.15) is 0 Å². The highest BCUT2D eigenvalue weighted by atomic mass is 16.5. The number of ketones is 1. The zero-order valence-electron chi connectivity index (χ0n) is 13.6. The van der Waals surface area contributed by atoms with Crippen molar-refractivity contribution in [1.29, 1.82) is 0 Å². The SMILES string of the molecule is C=Cc1cnc(C(C)=O)cc1C.CCCOCC(O)CC. The average Bonchev–Trinajstić information content (AvgIpc) is 2.47. The van der Waals surface area contributed by atoms with Gasteiger partial charge in [-0.1, -0.05) is 26.5 Å². The Bertz CT molecular complexity index is 444. The van der Waals surface area contributed by atoms with Gasteiger partial charge >= 0.3 is 0 Å². The van der Waals surface area contributed by atoms with E-state index in [9.17, 15) is 4.79 Å². The maximum atomic E-state index is 10.9. The zero-order chi connectivity index (χ0) is 16.3. The van der Waals surface area contributed by atoms with Crippen LogP contribution < -0.4 is 0 Å². The first-order valence-corrected chi connectivity index (χ1v) is 7.32. The lowest BCUT2D eigenvalue weighted by Crippen LogP contribution is -2.13. The molecule has 0 aliphatic rings. The highest BCUT2D eigenvalue weighted by molar-refractivity contribution is 5.92. The van der Waals surface area contributed by atoms with Crippen molar-refractivity contribution < 1.29 is 14.6 Å². The molecule has 1 unspecified atom stereocenters. The van der Waals surface area contributed by atoms with Gasteiger partial charge in [0.1, 0.15) is 5.69 Å². The predicted octanol–water partition coefficient (Wildman–Crippen LogP) is 3.42. The normalized spacial score (nSPS) is 11.3. The lowest BCUT2D eigenvalue weighted by Gasteiger charge is -2.06. The summed E-state index contributed by atoms with van der Waals surface area (Å²) in [4.78, 5) is 14.9. The Labute approximate surface area is 127 Å². The molecule has 1 atom stereocenters. The first-order valence-electron chi connectivity index (χ1n) is 7.32. The summed E-state index contributed by atoms with van der Waals surface area (Å²) in [5.41, 5.74) is 2.52. The van der Waals surface area contributed by atoms with Crippen LogP contribution >= 0.6 is 0 Å². The second-order valence-corrected chi connectivity index (χ2v) is 4.82. The third kappa shape index (κ3) is 8.38. The molecule has 1 rings (SSSR count). The summed E-state index contributed by atoms with van der Waals surface area (Å²) in [6.07, 6.45) is 4.93. The average molecular weight is 293 g/mol. The van der Waals surface area contributed by atoms with Crippen molar-refractivity contribution in [2.75, 3.05) is 13.2 Å². The van der Waals surface area contributed by atoms with Crippen LogP contribution in [0.25, 0.3) is 6.08 Å². The van der Waals surface area contributed by atoms with Gasteiger partial charge in [0.05, 0.1) is 12.7 Å². The fourth-order valence-electron chi connectivity index (χ4n) is 1.45. The molecule has 1 aromatic heterocycles. The van der Waals surface area contributed by atoms with E-state index in [0.717, 1.165) is 30.6 Å². The molecule has 21 heavy (non-hydrogen) atoms. The van der Waals surface area contributed by atoms with E-state index in [0.29, 0.717) is 12.3 Å². The highest BCUT2D eigenvalue weighted by Gasteiger charge is 2.02. The number of pyridine rings is 1. The Hall–Kier alpha value is -1.52. The lowest BCUT2D eigenvalue weighted by molar-refractivity contribution is 0.0354. The van der Waals surface area contributed by atoms with E-state index in [1.54, 1.807) is 18.3 Å². The molecule has 4 heteroatoms. The molecule has 0 bridgehead atoms. The first kappa shape index (κ1) is 19.5. The Balaban J connectivity index is 0.000000400. The van der Waals surface area contributed by atoms with Gasteiger partial charge in [0.25, 0.3) is 0 Å². The van der Waals surface area contributed by atoms with E-state index in [1.165, 1.54) is 6.92 Å². The summed E-state index contributed by atoms with van der Waals surface area (Å²) in [5.74, 6) is -0.00582. The molecule has 4 nitrogen and oxygen atoms in total. The third-order valence-corrected chi connectivity index (χ3v) is 2.86. The van der Waals surface area contributed by atoms with Crippen molar-refractivity contribution in [2.45, 2.75) is 46.6 Å².